The molecule has 0 aliphatic carbocycles. The van der Waals surface area contributed by atoms with E-state index in [-0.39, 0.29) is 17.0 Å². The van der Waals surface area contributed by atoms with Crippen LogP contribution in [0.5, 0.6) is 0 Å². The number of nitrogens with two attached hydrogens (primary N) is 1. The van der Waals surface area contributed by atoms with Gasteiger partial charge in [0, 0.05) is 38.2 Å². The minimum atomic E-state index is -0.502. The van der Waals surface area contributed by atoms with Crippen LogP contribution in [0, 0.1) is 5.82 Å². The molecule has 2 heterocycles. The Balaban J connectivity index is 1.84. The molecule has 0 saturated carbocycles. The Morgan fingerprint density at radius 3 is 2.95 bits per heavy atom. The molecular weight excluding hydrogens is 269 g/mol. The molecule has 2 aliphatic heterocycles. The number of fused-ring (bicyclic) bond motifs is 1. The largest absolute Gasteiger partial charge is 0.397 e. The van der Waals surface area contributed by atoms with Crippen LogP contribution >= 0.6 is 11.6 Å². The van der Waals surface area contributed by atoms with Gasteiger partial charge in [0.05, 0.1) is 16.4 Å². The number of amides is 1. The van der Waals surface area contributed by atoms with E-state index in [0.29, 0.717) is 25.2 Å². The third kappa shape index (κ3) is 2.12. The van der Waals surface area contributed by atoms with E-state index in [1.807, 2.05) is 4.90 Å². The molecule has 0 radical (unpaired) electrons. The normalized spacial score (nSPS) is 22.8. The molecule has 19 heavy (non-hydrogen) atoms. The minimum absolute atomic E-state index is 0.0779. The van der Waals surface area contributed by atoms with E-state index in [2.05, 4.69) is 4.90 Å². The van der Waals surface area contributed by atoms with Gasteiger partial charge in [-0.3, -0.25) is 4.79 Å². The lowest BCUT2D eigenvalue weighted by Gasteiger charge is -2.39. The number of piperazine rings is 1. The maximum atomic E-state index is 13.3. The van der Waals surface area contributed by atoms with Crippen molar-refractivity contribution in [2.45, 2.75) is 18.9 Å². The molecule has 3 rings (SSSR count). The Bertz CT molecular complexity index is 537. The summed E-state index contributed by atoms with van der Waals surface area (Å²) in [6.07, 6.45) is 1.50. The van der Waals surface area contributed by atoms with Crippen LogP contribution in [-0.2, 0) is 4.79 Å². The highest BCUT2D eigenvalue weighted by molar-refractivity contribution is 6.31. The summed E-state index contributed by atoms with van der Waals surface area (Å²) in [7, 11) is 0. The molecule has 102 valence electrons. The second kappa shape index (κ2) is 4.56. The number of nitrogens with zero attached hydrogens (tertiary/aromatic N) is 2. The smallest absolute Gasteiger partial charge is 0.223 e. The van der Waals surface area contributed by atoms with Crippen molar-refractivity contribution in [3.05, 3.63) is 23.0 Å². The second-order valence-corrected chi connectivity index (χ2v) is 5.46. The van der Waals surface area contributed by atoms with Gasteiger partial charge in [0.2, 0.25) is 5.91 Å². The van der Waals surface area contributed by atoms with Gasteiger partial charge in [-0.25, -0.2) is 4.39 Å². The van der Waals surface area contributed by atoms with Gasteiger partial charge in [-0.1, -0.05) is 11.6 Å². The summed E-state index contributed by atoms with van der Waals surface area (Å²) in [5, 5.41) is 0.0779. The average Bonchev–Trinajstić information content (AvgIpc) is 2.75. The van der Waals surface area contributed by atoms with Crippen molar-refractivity contribution >= 4 is 28.9 Å². The number of halogens is 2. The first-order chi connectivity index (χ1) is 9.06. The Morgan fingerprint density at radius 1 is 1.37 bits per heavy atom. The summed E-state index contributed by atoms with van der Waals surface area (Å²) >= 11 is 5.82. The van der Waals surface area contributed by atoms with E-state index in [9.17, 15) is 9.18 Å². The molecule has 0 bridgehead atoms. The third-order valence-corrected chi connectivity index (χ3v) is 4.19. The van der Waals surface area contributed by atoms with E-state index < -0.39 is 5.82 Å². The van der Waals surface area contributed by atoms with Gasteiger partial charge in [0.15, 0.2) is 0 Å². The van der Waals surface area contributed by atoms with Crippen LogP contribution in [0.25, 0.3) is 0 Å². The number of anilines is 2. The van der Waals surface area contributed by atoms with Crippen LogP contribution in [0.4, 0.5) is 15.8 Å². The van der Waals surface area contributed by atoms with Crippen LogP contribution in [0.2, 0.25) is 5.02 Å². The lowest BCUT2D eigenvalue weighted by atomic mass is 10.1. The molecular formula is C13H15ClFN3O. The number of nitrogen functional groups attached to an aromatic ring is 1. The monoisotopic (exact) mass is 283 g/mol. The van der Waals surface area contributed by atoms with Crippen LogP contribution in [0.3, 0.4) is 0 Å². The van der Waals surface area contributed by atoms with Crippen molar-refractivity contribution in [1.29, 1.82) is 0 Å². The zero-order chi connectivity index (χ0) is 13.6. The van der Waals surface area contributed by atoms with Crippen molar-refractivity contribution < 1.29 is 9.18 Å². The van der Waals surface area contributed by atoms with Gasteiger partial charge in [-0.05, 0) is 12.5 Å². The average molecular weight is 284 g/mol. The highest BCUT2D eigenvalue weighted by atomic mass is 35.5. The molecule has 0 aromatic heterocycles. The topological polar surface area (TPSA) is 49.6 Å². The number of benzene rings is 1. The molecule has 4 nitrogen and oxygen atoms in total. The Kier molecular flexibility index (Phi) is 3.01. The van der Waals surface area contributed by atoms with E-state index in [1.165, 1.54) is 6.07 Å². The molecule has 2 aliphatic rings. The number of hydrogen-bond donors (Lipinski definition) is 1. The predicted octanol–water partition coefficient (Wildman–Crippen LogP) is 1.87. The summed E-state index contributed by atoms with van der Waals surface area (Å²) < 4.78 is 13.3. The summed E-state index contributed by atoms with van der Waals surface area (Å²) in [5.74, 6) is -0.271. The predicted molar refractivity (Wildman–Crippen MR) is 72.8 cm³/mol. The summed E-state index contributed by atoms with van der Waals surface area (Å²) in [4.78, 5) is 15.6. The summed E-state index contributed by atoms with van der Waals surface area (Å²) in [6.45, 7) is 2.13. The molecule has 1 unspecified atom stereocenters. The zero-order valence-corrected chi connectivity index (χ0v) is 11.2. The first kappa shape index (κ1) is 12.5. The molecule has 2 fully saturated rings. The van der Waals surface area contributed by atoms with Gasteiger partial charge in [0.25, 0.3) is 0 Å². The maximum Gasteiger partial charge on any atom is 0.223 e. The van der Waals surface area contributed by atoms with Crippen LogP contribution in [0.1, 0.15) is 12.8 Å². The van der Waals surface area contributed by atoms with Crippen molar-refractivity contribution in [1.82, 2.24) is 4.90 Å². The number of carbonyl (C=O) groups is 1. The standard InChI is InChI=1S/C13H15ClFN3O/c14-9-5-12(11(16)6-10(9)15)17-3-4-18-8(7-17)1-2-13(18)19/h5-6,8H,1-4,7,16H2. The molecule has 1 atom stereocenters. The summed E-state index contributed by atoms with van der Waals surface area (Å²) in [5.41, 5.74) is 7.01. The minimum Gasteiger partial charge on any atom is -0.397 e. The fourth-order valence-electron chi connectivity index (χ4n) is 2.91. The number of rotatable bonds is 1. The summed E-state index contributed by atoms with van der Waals surface area (Å²) in [6, 6.07) is 3.06. The third-order valence-electron chi connectivity index (χ3n) is 3.90. The lowest BCUT2D eigenvalue weighted by molar-refractivity contribution is -0.129. The van der Waals surface area contributed by atoms with Gasteiger partial charge >= 0.3 is 0 Å². The molecule has 1 amide bonds. The molecule has 6 heteroatoms. The molecule has 2 N–H and O–H groups in total. The fraction of sp³-hybridized carbons (Fsp3) is 0.462. The van der Waals surface area contributed by atoms with Crippen molar-refractivity contribution in [3.63, 3.8) is 0 Å². The second-order valence-electron chi connectivity index (χ2n) is 5.05. The Hall–Kier alpha value is -1.49. The first-order valence-electron chi connectivity index (χ1n) is 6.35. The molecule has 0 spiro atoms. The van der Waals surface area contributed by atoms with E-state index in [1.54, 1.807) is 6.07 Å². The van der Waals surface area contributed by atoms with Gasteiger partial charge in [-0.15, -0.1) is 0 Å². The molecule has 1 aromatic rings. The Labute approximate surface area is 115 Å². The van der Waals surface area contributed by atoms with Gasteiger partial charge in [0.1, 0.15) is 5.82 Å². The van der Waals surface area contributed by atoms with Crippen molar-refractivity contribution in [2.24, 2.45) is 0 Å². The molecule has 2 saturated heterocycles. The lowest BCUT2D eigenvalue weighted by Crippen LogP contribution is -2.51. The SMILES string of the molecule is Nc1cc(F)c(Cl)cc1N1CCN2C(=O)CCC2C1. The van der Waals surface area contributed by atoms with E-state index in [0.717, 1.165) is 18.7 Å². The van der Waals surface area contributed by atoms with Gasteiger partial charge < -0.3 is 15.5 Å². The highest BCUT2D eigenvalue weighted by Crippen LogP contribution is 2.32. The van der Waals surface area contributed by atoms with Gasteiger partial charge in [-0.2, -0.15) is 0 Å². The van der Waals surface area contributed by atoms with Crippen LogP contribution < -0.4 is 10.6 Å². The number of hydrogen-bond acceptors (Lipinski definition) is 3. The zero-order valence-electron chi connectivity index (χ0n) is 10.4. The van der Waals surface area contributed by atoms with E-state index >= 15 is 0 Å². The van der Waals surface area contributed by atoms with Crippen molar-refractivity contribution in [3.8, 4) is 0 Å². The first-order valence-corrected chi connectivity index (χ1v) is 6.73. The fourth-order valence-corrected chi connectivity index (χ4v) is 3.07. The Morgan fingerprint density at radius 2 is 2.16 bits per heavy atom. The maximum absolute atomic E-state index is 13.3. The number of carbonyl (C=O) groups excluding carboxylic acids is 1. The van der Waals surface area contributed by atoms with Crippen LogP contribution in [-0.4, -0.2) is 36.5 Å². The van der Waals surface area contributed by atoms with Crippen molar-refractivity contribution in [2.75, 3.05) is 30.3 Å². The van der Waals surface area contributed by atoms with Crippen LogP contribution in [0.15, 0.2) is 12.1 Å². The molecule has 1 aromatic carbocycles. The van der Waals surface area contributed by atoms with E-state index in [4.69, 9.17) is 17.3 Å². The quantitative estimate of drug-likeness (QED) is 0.801. The highest BCUT2D eigenvalue weighted by Gasteiger charge is 2.35.